The van der Waals surface area contributed by atoms with Crippen LogP contribution in [0.25, 0.3) is 0 Å². The van der Waals surface area contributed by atoms with Crippen molar-refractivity contribution in [3.63, 3.8) is 0 Å². The van der Waals surface area contributed by atoms with E-state index in [9.17, 15) is 24.3 Å². The van der Waals surface area contributed by atoms with Crippen LogP contribution in [0.5, 0.6) is 0 Å². The van der Waals surface area contributed by atoms with Gasteiger partial charge in [-0.25, -0.2) is 0 Å². The van der Waals surface area contributed by atoms with E-state index in [0.29, 0.717) is 5.82 Å². The highest BCUT2D eigenvalue weighted by Gasteiger charge is 2.02. The molecule has 0 bridgehead atoms. The summed E-state index contributed by atoms with van der Waals surface area (Å²) in [7, 11) is -4.67. The van der Waals surface area contributed by atoms with Crippen molar-refractivity contribution in [3.05, 3.63) is 11.9 Å². The van der Waals surface area contributed by atoms with Gasteiger partial charge in [-0.1, -0.05) is 11.9 Å². The van der Waals surface area contributed by atoms with E-state index in [-0.39, 0.29) is 6.42 Å². The van der Waals surface area contributed by atoms with Gasteiger partial charge in [0, 0.05) is 6.42 Å². The summed E-state index contributed by atoms with van der Waals surface area (Å²) in [5, 5.41) is 10.0. The third kappa shape index (κ3) is 6.06. The molecule has 0 aliphatic rings. The van der Waals surface area contributed by atoms with E-state index in [2.05, 4.69) is 5.73 Å². The fourth-order valence-corrected chi connectivity index (χ4v) is 0.830. The Hall–Kier alpha value is -0.680. The average molecular weight is 193 g/mol. The summed E-state index contributed by atoms with van der Waals surface area (Å²) in [5.74, 6) is -0.958. The Bertz CT molecular complexity index is 232. The van der Waals surface area contributed by atoms with E-state index in [1.165, 1.54) is 0 Å². The molecule has 0 aromatic rings. The van der Waals surface area contributed by atoms with Gasteiger partial charge in [0.05, 0.1) is 5.97 Å². The molecule has 12 heavy (non-hydrogen) atoms. The maximum absolute atomic E-state index is 10.0. The van der Waals surface area contributed by atoms with Crippen molar-refractivity contribution in [3.8, 4) is 0 Å². The molecule has 3 N–H and O–H groups in total. The number of hydrogen-bond donors (Lipinski definition) is 1. The van der Waals surface area contributed by atoms with E-state index in [4.69, 9.17) is 0 Å². The molecule has 0 aromatic heterocycles. The molecule has 70 valence electrons. The first kappa shape index (κ1) is 11.3. The quantitative estimate of drug-likeness (QED) is 0.457. The molecule has 0 fully saturated rings. The van der Waals surface area contributed by atoms with Gasteiger partial charge in [0.1, 0.15) is 6.04 Å². The average Bonchev–Trinajstić information content (AvgIpc) is 1.84. The van der Waals surface area contributed by atoms with E-state index in [1.54, 1.807) is 0 Å². The SMILES string of the molecule is [NH3+][C@H](C/C=C/P(=O)([O-])[O-])C(=O)[O-]. The normalized spacial score (nSPS) is 14.9. The lowest BCUT2D eigenvalue weighted by molar-refractivity contribution is -0.436. The number of carbonyl (C=O) groups excluding carboxylic acids is 1. The topological polar surface area (TPSA) is 131 Å². The van der Waals surface area contributed by atoms with Gasteiger partial charge >= 0.3 is 0 Å². The van der Waals surface area contributed by atoms with Crippen molar-refractivity contribution in [2.75, 3.05) is 0 Å². The minimum absolute atomic E-state index is 0.128. The Balaban J connectivity index is 3.92. The number of quaternary nitrogens is 1. The molecular weight excluding hydrogens is 185 g/mol. The van der Waals surface area contributed by atoms with Crippen LogP contribution < -0.4 is 20.6 Å². The zero-order valence-electron chi connectivity index (χ0n) is 6.13. The first-order valence-corrected chi connectivity index (χ1v) is 4.67. The smallest absolute Gasteiger partial charge is 0.128 e. The van der Waals surface area contributed by atoms with Crippen LogP contribution in [-0.4, -0.2) is 12.0 Å². The maximum atomic E-state index is 10.0. The van der Waals surface area contributed by atoms with Crippen molar-refractivity contribution in [2.24, 2.45) is 0 Å². The van der Waals surface area contributed by atoms with Gasteiger partial charge in [-0.2, -0.15) is 0 Å². The summed E-state index contributed by atoms with van der Waals surface area (Å²) in [6, 6.07) is -1.03. The summed E-state index contributed by atoms with van der Waals surface area (Å²) in [6.45, 7) is 0. The van der Waals surface area contributed by atoms with Crippen LogP contribution in [0, 0.1) is 0 Å². The highest BCUT2D eigenvalue weighted by molar-refractivity contribution is 7.52. The van der Waals surface area contributed by atoms with E-state index in [0.717, 1.165) is 6.08 Å². The number of carboxylic acids is 1. The first-order chi connectivity index (χ1) is 5.33. The van der Waals surface area contributed by atoms with Gasteiger partial charge in [-0.3, -0.25) is 0 Å². The molecule has 0 heterocycles. The van der Waals surface area contributed by atoms with Crippen molar-refractivity contribution in [1.82, 2.24) is 0 Å². The molecule has 6 nitrogen and oxygen atoms in total. The number of aliphatic carboxylic acids is 1. The van der Waals surface area contributed by atoms with Crippen molar-refractivity contribution >= 4 is 13.6 Å². The van der Waals surface area contributed by atoms with Crippen LogP contribution in [-0.2, 0) is 9.36 Å². The first-order valence-electron chi connectivity index (χ1n) is 3.06. The van der Waals surface area contributed by atoms with Crippen LogP contribution in [0.2, 0.25) is 0 Å². The predicted octanol–water partition coefficient (Wildman–Crippen LogP) is -3.84. The fourth-order valence-electron chi connectivity index (χ4n) is 0.450. The second kappa shape index (κ2) is 4.37. The monoisotopic (exact) mass is 193 g/mol. The number of carbonyl (C=O) groups is 1. The molecule has 0 aliphatic heterocycles. The van der Waals surface area contributed by atoms with Gasteiger partial charge in [-0.05, 0) is 7.60 Å². The van der Waals surface area contributed by atoms with Gasteiger partial charge in [0.25, 0.3) is 0 Å². The molecule has 0 amide bonds. The molecule has 0 saturated carbocycles. The van der Waals surface area contributed by atoms with E-state index >= 15 is 0 Å². The van der Waals surface area contributed by atoms with Crippen LogP contribution in [0.15, 0.2) is 11.9 Å². The summed E-state index contributed by atoms with van der Waals surface area (Å²) in [5.41, 5.74) is 3.15. The zero-order chi connectivity index (χ0) is 9.78. The van der Waals surface area contributed by atoms with Gasteiger partial charge in [0.2, 0.25) is 0 Å². The third-order valence-electron chi connectivity index (χ3n) is 1.04. The summed E-state index contributed by atoms with van der Waals surface area (Å²) in [6.07, 6.45) is 0.824. The van der Waals surface area contributed by atoms with Crippen molar-refractivity contribution in [1.29, 1.82) is 0 Å². The minimum atomic E-state index is -4.67. The second-order valence-electron chi connectivity index (χ2n) is 2.18. The van der Waals surface area contributed by atoms with Crippen LogP contribution >= 0.6 is 7.60 Å². The van der Waals surface area contributed by atoms with Gasteiger partial charge < -0.3 is 30.0 Å². The van der Waals surface area contributed by atoms with Gasteiger partial charge in [-0.15, -0.1) is 0 Å². The predicted molar refractivity (Wildman–Crippen MR) is 33.0 cm³/mol. The van der Waals surface area contributed by atoms with E-state index in [1.807, 2.05) is 0 Å². The Kier molecular flexibility index (Phi) is 4.12. The number of hydrogen-bond acceptors (Lipinski definition) is 5. The Morgan fingerprint density at radius 2 is 2.08 bits per heavy atom. The minimum Gasteiger partial charge on any atom is -0.808 e. The fraction of sp³-hybridized carbons (Fsp3) is 0.400. The summed E-state index contributed by atoms with van der Waals surface area (Å²) < 4.78 is 9.98. The van der Waals surface area contributed by atoms with Crippen LogP contribution in [0.4, 0.5) is 0 Å². The van der Waals surface area contributed by atoms with Crippen LogP contribution in [0.1, 0.15) is 6.42 Å². The number of rotatable bonds is 4. The summed E-state index contributed by atoms with van der Waals surface area (Å²) in [4.78, 5) is 30.0. The lowest BCUT2D eigenvalue weighted by atomic mass is 10.2. The van der Waals surface area contributed by atoms with Gasteiger partial charge in [0.15, 0.2) is 0 Å². The molecule has 1 atom stereocenters. The lowest BCUT2D eigenvalue weighted by Crippen LogP contribution is -2.68. The maximum Gasteiger partial charge on any atom is 0.128 e. The largest absolute Gasteiger partial charge is 0.808 e. The van der Waals surface area contributed by atoms with Crippen molar-refractivity contribution in [2.45, 2.75) is 12.5 Å². The zero-order valence-corrected chi connectivity index (χ0v) is 7.03. The highest BCUT2D eigenvalue weighted by Crippen LogP contribution is 2.24. The standard InChI is InChI=1S/C5H10NO5P/c6-4(5(7)8)2-1-3-12(9,10)11/h1,3-4H,2,6H2,(H,7,8)(H2,9,10,11)/p-2/b3-1+/t4-/m1/s1. The molecule has 0 spiro atoms. The lowest BCUT2D eigenvalue weighted by Gasteiger charge is -2.24. The van der Waals surface area contributed by atoms with Crippen molar-refractivity contribution < 1.29 is 30.0 Å². The Morgan fingerprint density at radius 3 is 2.42 bits per heavy atom. The van der Waals surface area contributed by atoms with Crippen LogP contribution in [0.3, 0.4) is 0 Å². The summed E-state index contributed by atoms with van der Waals surface area (Å²) >= 11 is 0. The molecule has 0 unspecified atom stereocenters. The molecular formula is C5H8NO5P-2. The highest BCUT2D eigenvalue weighted by atomic mass is 31.2. The molecule has 0 aromatic carbocycles. The van der Waals surface area contributed by atoms with E-state index < -0.39 is 19.6 Å². The molecule has 7 heteroatoms. The Morgan fingerprint density at radius 1 is 1.58 bits per heavy atom. The molecule has 0 aliphatic carbocycles. The molecule has 0 radical (unpaired) electrons. The number of carboxylic acid groups (broad SMARTS) is 1. The molecule has 0 rings (SSSR count). The second-order valence-corrected chi connectivity index (χ2v) is 3.55. The molecule has 0 saturated heterocycles. The third-order valence-corrected chi connectivity index (χ3v) is 1.62. The Labute approximate surface area is 68.9 Å².